The number of thioether (sulfide) groups is 1. The second-order valence-electron chi connectivity index (χ2n) is 6.08. The molecular weight excluding hydrogens is 420 g/mol. The third kappa shape index (κ3) is 3.96. The van der Waals surface area contributed by atoms with Crippen LogP contribution in [0.3, 0.4) is 0 Å². The van der Waals surface area contributed by atoms with E-state index in [0.29, 0.717) is 0 Å². The smallest absolute Gasteiger partial charge is 0.196 e. The van der Waals surface area contributed by atoms with Gasteiger partial charge in [0.1, 0.15) is 0 Å². The molecular formula is C21H17BrN4S. The lowest BCUT2D eigenvalue weighted by molar-refractivity contribution is 0.880. The fourth-order valence-electron chi connectivity index (χ4n) is 2.81. The van der Waals surface area contributed by atoms with E-state index in [1.165, 1.54) is 11.1 Å². The Morgan fingerprint density at radius 1 is 0.963 bits per heavy atom. The van der Waals surface area contributed by atoms with E-state index in [9.17, 15) is 0 Å². The molecule has 0 saturated carbocycles. The van der Waals surface area contributed by atoms with Gasteiger partial charge in [-0.3, -0.25) is 9.55 Å². The molecule has 27 heavy (non-hydrogen) atoms. The number of nitrogens with zero attached hydrogens (tertiary/aromatic N) is 4. The lowest BCUT2D eigenvalue weighted by atomic mass is 10.2. The van der Waals surface area contributed by atoms with E-state index in [1.54, 1.807) is 18.0 Å². The largest absolute Gasteiger partial charge is 0.270 e. The summed E-state index contributed by atoms with van der Waals surface area (Å²) in [7, 11) is 0. The number of halogens is 1. The van der Waals surface area contributed by atoms with Gasteiger partial charge in [-0.25, -0.2) is 0 Å². The Hall–Kier alpha value is -2.44. The first-order valence-corrected chi connectivity index (χ1v) is 10.3. The van der Waals surface area contributed by atoms with Gasteiger partial charge in [0.25, 0.3) is 0 Å². The number of hydrogen-bond donors (Lipinski definition) is 0. The molecule has 4 aromatic rings. The Kier molecular flexibility index (Phi) is 5.36. The molecule has 0 bridgehead atoms. The van der Waals surface area contributed by atoms with Crippen LogP contribution in [0.15, 0.2) is 82.7 Å². The van der Waals surface area contributed by atoms with Crippen molar-refractivity contribution in [2.45, 2.75) is 17.8 Å². The van der Waals surface area contributed by atoms with E-state index >= 15 is 0 Å². The third-order valence-electron chi connectivity index (χ3n) is 4.19. The molecule has 0 spiro atoms. The summed E-state index contributed by atoms with van der Waals surface area (Å²) in [5.74, 6) is 1.63. The van der Waals surface area contributed by atoms with Crippen LogP contribution in [0.25, 0.3) is 17.1 Å². The van der Waals surface area contributed by atoms with Crippen LogP contribution in [0, 0.1) is 6.92 Å². The van der Waals surface area contributed by atoms with Crippen molar-refractivity contribution < 1.29 is 0 Å². The fraction of sp³-hybridized carbons (Fsp3) is 0.0952. The molecule has 6 heteroatoms. The number of benzene rings is 2. The molecule has 0 radical (unpaired) electrons. The standard InChI is InChI=1S/C21H17BrN4S/c1-15-5-2-3-7-19(15)26-20(17-6-4-12-23-13-17)24-25-21(26)27-14-16-8-10-18(22)11-9-16/h2-13H,14H2,1H3. The van der Waals surface area contributed by atoms with Gasteiger partial charge in [0.05, 0.1) is 5.69 Å². The molecule has 4 nitrogen and oxygen atoms in total. The van der Waals surface area contributed by atoms with Crippen molar-refractivity contribution in [3.8, 4) is 17.1 Å². The second-order valence-corrected chi connectivity index (χ2v) is 7.94. The topological polar surface area (TPSA) is 43.6 Å². The number of hydrogen-bond acceptors (Lipinski definition) is 4. The van der Waals surface area contributed by atoms with Crippen molar-refractivity contribution in [1.82, 2.24) is 19.7 Å². The van der Waals surface area contributed by atoms with Gasteiger partial charge in [-0.1, -0.05) is 58.0 Å². The molecule has 0 fully saturated rings. The summed E-state index contributed by atoms with van der Waals surface area (Å²) in [4.78, 5) is 4.24. The first kappa shape index (κ1) is 17.9. The van der Waals surface area contributed by atoms with Gasteiger partial charge >= 0.3 is 0 Å². The van der Waals surface area contributed by atoms with Gasteiger partial charge in [-0.2, -0.15) is 0 Å². The van der Waals surface area contributed by atoms with Crippen LogP contribution in [0.4, 0.5) is 0 Å². The van der Waals surface area contributed by atoms with E-state index in [1.807, 2.05) is 30.5 Å². The van der Waals surface area contributed by atoms with Crippen LogP contribution in [-0.2, 0) is 5.75 Å². The van der Waals surface area contributed by atoms with Gasteiger partial charge in [-0.15, -0.1) is 10.2 Å². The Balaban J connectivity index is 1.74. The predicted octanol–water partition coefficient (Wildman–Crippen LogP) is 5.69. The van der Waals surface area contributed by atoms with Crippen LogP contribution in [-0.4, -0.2) is 19.7 Å². The molecule has 4 rings (SSSR count). The zero-order valence-electron chi connectivity index (χ0n) is 14.7. The van der Waals surface area contributed by atoms with Crippen molar-refractivity contribution in [2.24, 2.45) is 0 Å². The van der Waals surface area contributed by atoms with E-state index < -0.39 is 0 Å². The minimum Gasteiger partial charge on any atom is -0.270 e. The van der Waals surface area contributed by atoms with Crippen molar-refractivity contribution in [2.75, 3.05) is 0 Å². The third-order valence-corrected chi connectivity index (χ3v) is 5.72. The van der Waals surface area contributed by atoms with Crippen molar-refractivity contribution in [3.05, 3.63) is 88.7 Å². The maximum absolute atomic E-state index is 4.48. The Bertz CT molecular complexity index is 1050. The van der Waals surface area contributed by atoms with Crippen LogP contribution >= 0.6 is 27.7 Å². The minimum atomic E-state index is 0.802. The summed E-state index contributed by atoms with van der Waals surface area (Å²) in [6.45, 7) is 2.10. The molecule has 0 aliphatic rings. The van der Waals surface area contributed by atoms with Gasteiger partial charge in [0.2, 0.25) is 0 Å². The first-order chi connectivity index (χ1) is 13.2. The molecule has 0 saturated heterocycles. The number of rotatable bonds is 5. The number of aryl methyl sites for hydroxylation is 1. The lowest BCUT2D eigenvalue weighted by Gasteiger charge is -2.12. The van der Waals surface area contributed by atoms with Crippen LogP contribution < -0.4 is 0 Å². The average Bonchev–Trinajstić information content (AvgIpc) is 3.12. The summed E-state index contributed by atoms with van der Waals surface area (Å²) in [5.41, 5.74) is 4.45. The summed E-state index contributed by atoms with van der Waals surface area (Å²) in [6.07, 6.45) is 3.59. The van der Waals surface area contributed by atoms with Crippen molar-refractivity contribution in [1.29, 1.82) is 0 Å². The predicted molar refractivity (Wildman–Crippen MR) is 113 cm³/mol. The first-order valence-electron chi connectivity index (χ1n) is 8.51. The number of aromatic nitrogens is 4. The molecule has 0 N–H and O–H groups in total. The van der Waals surface area contributed by atoms with Crippen LogP contribution in [0.2, 0.25) is 0 Å². The summed E-state index contributed by atoms with van der Waals surface area (Å²) in [6, 6.07) is 20.6. The molecule has 134 valence electrons. The van der Waals surface area contributed by atoms with E-state index in [2.05, 4.69) is 79.0 Å². The van der Waals surface area contributed by atoms with Crippen LogP contribution in [0.1, 0.15) is 11.1 Å². The summed E-state index contributed by atoms with van der Waals surface area (Å²) < 4.78 is 3.20. The van der Waals surface area contributed by atoms with E-state index in [4.69, 9.17) is 0 Å². The summed E-state index contributed by atoms with van der Waals surface area (Å²) >= 11 is 5.16. The van der Waals surface area contributed by atoms with Gasteiger partial charge < -0.3 is 0 Å². The van der Waals surface area contributed by atoms with Crippen molar-refractivity contribution in [3.63, 3.8) is 0 Å². The second kappa shape index (κ2) is 8.06. The highest BCUT2D eigenvalue weighted by molar-refractivity contribution is 9.10. The Morgan fingerprint density at radius 3 is 2.52 bits per heavy atom. The molecule has 0 aliphatic carbocycles. The SMILES string of the molecule is Cc1ccccc1-n1c(SCc2ccc(Br)cc2)nnc1-c1cccnc1. The lowest BCUT2D eigenvalue weighted by Crippen LogP contribution is -2.02. The molecule has 0 amide bonds. The minimum absolute atomic E-state index is 0.802. The zero-order chi connectivity index (χ0) is 18.6. The Morgan fingerprint density at radius 2 is 1.78 bits per heavy atom. The molecule has 0 unspecified atom stereocenters. The quantitative estimate of drug-likeness (QED) is 0.376. The maximum atomic E-state index is 4.48. The maximum Gasteiger partial charge on any atom is 0.196 e. The van der Waals surface area contributed by atoms with Gasteiger partial charge in [0, 0.05) is 28.2 Å². The molecule has 2 aromatic heterocycles. The Labute approximate surface area is 170 Å². The fourth-order valence-corrected chi connectivity index (χ4v) is 3.97. The molecule has 2 heterocycles. The molecule has 0 atom stereocenters. The van der Waals surface area contributed by atoms with E-state index in [-0.39, 0.29) is 0 Å². The monoisotopic (exact) mass is 436 g/mol. The molecule has 2 aromatic carbocycles. The number of para-hydroxylation sites is 1. The normalized spacial score (nSPS) is 10.9. The van der Waals surface area contributed by atoms with Crippen LogP contribution in [0.5, 0.6) is 0 Å². The highest BCUT2D eigenvalue weighted by atomic mass is 79.9. The summed E-state index contributed by atoms with van der Waals surface area (Å²) in [5, 5.41) is 9.82. The number of pyridine rings is 1. The van der Waals surface area contributed by atoms with E-state index in [0.717, 1.165) is 32.5 Å². The van der Waals surface area contributed by atoms with Crippen molar-refractivity contribution >= 4 is 27.7 Å². The average molecular weight is 437 g/mol. The van der Waals surface area contributed by atoms with Gasteiger partial charge in [0.15, 0.2) is 11.0 Å². The highest BCUT2D eigenvalue weighted by Gasteiger charge is 2.17. The highest BCUT2D eigenvalue weighted by Crippen LogP contribution is 2.30. The van der Waals surface area contributed by atoms with Gasteiger partial charge in [-0.05, 0) is 48.4 Å². The molecule has 0 aliphatic heterocycles. The zero-order valence-corrected chi connectivity index (χ0v) is 17.1.